The lowest BCUT2D eigenvalue weighted by atomic mass is 10.3. The van der Waals surface area contributed by atoms with Crippen LogP contribution >= 0.6 is 0 Å². The third-order valence-electron chi connectivity index (χ3n) is 2.61. The highest BCUT2D eigenvalue weighted by Crippen LogP contribution is 2.37. The summed E-state index contributed by atoms with van der Waals surface area (Å²) < 4.78 is 1.71. The van der Waals surface area contributed by atoms with Gasteiger partial charge in [0.15, 0.2) is 5.82 Å². The van der Waals surface area contributed by atoms with Gasteiger partial charge in [-0.2, -0.15) is 4.98 Å². The fourth-order valence-electron chi connectivity index (χ4n) is 1.61. The molecule has 0 bridgehead atoms. The molecular formula is C10H12N4O. The van der Waals surface area contributed by atoms with Gasteiger partial charge in [0.05, 0.1) is 0 Å². The van der Waals surface area contributed by atoms with Crippen molar-refractivity contribution >= 4 is 5.78 Å². The Morgan fingerprint density at radius 3 is 3.07 bits per heavy atom. The van der Waals surface area contributed by atoms with Crippen molar-refractivity contribution in [3.63, 3.8) is 0 Å². The third kappa shape index (κ3) is 1.59. The molecule has 1 aliphatic carbocycles. The molecule has 1 aliphatic rings. The maximum Gasteiger partial charge on any atom is 0.252 e. The molecule has 0 atom stereocenters. The van der Waals surface area contributed by atoms with Crippen molar-refractivity contribution in [2.24, 2.45) is 0 Å². The van der Waals surface area contributed by atoms with Crippen LogP contribution in [-0.4, -0.2) is 31.3 Å². The molecule has 1 saturated carbocycles. The highest BCUT2D eigenvalue weighted by molar-refractivity contribution is 5.29. The zero-order valence-electron chi connectivity index (χ0n) is 8.30. The zero-order valence-corrected chi connectivity index (χ0v) is 8.30. The minimum atomic E-state index is 0.136. The molecule has 5 nitrogen and oxygen atoms in total. The van der Waals surface area contributed by atoms with E-state index in [2.05, 4.69) is 15.1 Å². The fourth-order valence-corrected chi connectivity index (χ4v) is 1.61. The van der Waals surface area contributed by atoms with Crippen molar-refractivity contribution < 1.29 is 5.11 Å². The topological polar surface area (TPSA) is 63.3 Å². The molecule has 78 valence electrons. The molecule has 0 saturated heterocycles. The zero-order chi connectivity index (χ0) is 10.3. The first-order valence-electron chi connectivity index (χ1n) is 5.19. The molecule has 15 heavy (non-hydrogen) atoms. The molecule has 5 heteroatoms. The van der Waals surface area contributed by atoms with E-state index in [1.165, 1.54) is 12.8 Å². The lowest BCUT2D eigenvalue weighted by Crippen LogP contribution is -1.97. The van der Waals surface area contributed by atoms with Gasteiger partial charge < -0.3 is 5.11 Å². The van der Waals surface area contributed by atoms with E-state index in [9.17, 15) is 0 Å². The van der Waals surface area contributed by atoms with Gasteiger partial charge in [-0.25, -0.2) is 9.50 Å². The number of rotatable bonds is 3. The Kier molecular flexibility index (Phi) is 1.92. The summed E-state index contributed by atoms with van der Waals surface area (Å²) in [5.74, 6) is 2.11. The second kappa shape index (κ2) is 3.27. The number of hydrogen-bond donors (Lipinski definition) is 1. The predicted octanol–water partition coefficient (Wildman–Crippen LogP) is 0.536. The molecule has 0 spiro atoms. The van der Waals surface area contributed by atoms with Crippen molar-refractivity contribution in [3.05, 3.63) is 23.8 Å². The van der Waals surface area contributed by atoms with E-state index in [1.807, 2.05) is 6.20 Å². The number of aliphatic hydroxyl groups excluding tert-OH is 1. The van der Waals surface area contributed by atoms with Crippen LogP contribution in [0, 0.1) is 0 Å². The molecule has 0 amide bonds. The second-order valence-electron chi connectivity index (χ2n) is 3.92. The van der Waals surface area contributed by atoms with E-state index in [-0.39, 0.29) is 6.61 Å². The van der Waals surface area contributed by atoms with Crippen LogP contribution in [-0.2, 0) is 6.42 Å². The molecular weight excluding hydrogens is 192 g/mol. The van der Waals surface area contributed by atoms with Gasteiger partial charge in [-0.05, 0) is 24.8 Å². The molecule has 0 unspecified atom stereocenters. The summed E-state index contributed by atoms with van der Waals surface area (Å²) in [6.45, 7) is 0.136. The van der Waals surface area contributed by atoms with E-state index < -0.39 is 0 Å². The van der Waals surface area contributed by atoms with Crippen molar-refractivity contribution in [1.29, 1.82) is 0 Å². The van der Waals surface area contributed by atoms with E-state index in [0.29, 0.717) is 18.1 Å². The molecule has 1 N–H and O–H groups in total. The molecule has 2 heterocycles. The van der Waals surface area contributed by atoms with E-state index in [1.54, 1.807) is 10.7 Å². The van der Waals surface area contributed by atoms with Crippen LogP contribution in [0.25, 0.3) is 5.78 Å². The minimum absolute atomic E-state index is 0.136. The van der Waals surface area contributed by atoms with Gasteiger partial charge in [0, 0.05) is 24.9 Å². The lowest BCUT2D eigenvalue weighted by molar-refractivity contribution is 0.299. The number of hydrogen-bond acceptors (Lipinski definition) is 4. The van der Waals surface area contributed by atoms with Gasteiger partial charge in [0.1, 0.15) is 0 Å². The van der Waals surface area contributed by atoms with Gasteiger partial charge in [-0.15, -0.1) is 5.10 Å². The normalized spacial score (nSPS) is 16.1. The Labute approximate surface area is 86.8 Å². The van der Waals surface area contributed by atoms with Gasteiger partial charge in [0.2, 0.25) is 0 Å². The van der Waals surface area contributed by atoms with Crippen LogP contribution in [0.5, 0.6) is 0 Å². The quantitative estimate of drug-likeness (QED) is 0.792. The van der Waals surface area contributed by atoms with Crippen LogP contribution < -0.4 is 0 Å². The van der Waals surface area contributed by atoms with Crippen molar-refractivity contribution in [3.8, 4) is 0 Å². The number of aliphatic hydroxyl groups is 1. The predicted molar refractivity (Wildman–Crippen MR) is 53.5 cm³/mol. The Balaban J connectivity index is 2.02. The molecule has 2 aromatic heterocycles. The highest BCUT2D eigenvalue weighted by Gasteiger charge is 2.28. The highest BCUT2D eigenvalue weighted by atomic mass is 16.2. The molecule has 0 aromatic carbocycles. The molecule has 0 radical (unpaired) electrons. The number of nitrogens with zero attached hydrogens (tertiary/aromatic N) is 4. The van der Waals surface area contributed by atoms with Crippen LogP contribution in [0.4, 0.5) is 0 Å². The monoisotopic (exact) mass is 204 g/mol. The summed E-state index contributed by atoms with van der Waals surface area (Å²) in [5.41, 5.74) is 0.984. The Morgan fingerprint density at radius 1 is 1.47 bits per heavy atom. The first-order valence-corrected chi connectivity index (χ1v) is 5.19. The van der Waals surface area contributed by atoms with Gasteiger partial charge in [0.25, 0.3) is 5.78 Å². The third-order valence-corrected chi connectivity index (χ3v) is 2.61. The smallest absolute Gasteiger partial charge is 0.252 e. The number of fused-ring (bicyclic) bond motifs is 1. The summed E-state index contributed by atoms with van der Waals surface area (Å²) in [4.78, 5) is 8.56. The standard InChI is InChI=1S/C10H12N4O/c15-4-3-7-5-11-10-12-9(8-1-2-8)13-14(10)6-7/h5-6,8,15H,1-4H2. The van der Waals surface area contributed by atoms with Crippen molar-refractivity contribution in [2.45, 2.75) is 25.2 Å². The Bertz CT molecular complexity index is 489. The molecule has 3 rings (SSSR count). The van der Waals surface area contributed by atoms with E-state index in [4.69, 9.17) is 5.11 Å². The molecule has 2 aromatic rings. The Morgan fingerprint density at radius 2 is 2.33 bits per heavy atom. The summed E-state index contributed by atoms with van der Waals surface area (Å²) in [5, 5.41) is 13.2. The first-order chi connectivity index (χ1) is 7.36. The molecule has 1 fully saturated rings. The van der Waals surface area contributed by atoms with Crippen LogP contribution in [0.1, 0.15) is 30.1 Å². The van der Waals surface area contributed by atoms with Gasteiger partial charge in [-0.1, -0.05) is 0 Å². The largest absolute Gasteiger partial charge is 0.396 e. The van der Waals surface area contributed by atoms with E-state index in [0.717, 1.165) is 11.4 Å². The fraction of sp³-hybridized carbons (Fsp3) is 0.500. The summed E-state index contributed by atoms with van der Waals surface area (Å²) >= 11 is 0. The van der Waals surface area contributed by atoms with Crippen LogP contribution in [0.2, 0.25) is 0 Å². The summed E-state index contributed by atoms with van der Waals surface area (Å²) in [6.07, 6.45) is 6.64. The lowest BCUT2D eigenvalue weighted by Gasteiger charge is -1.96. The maximum atomic E-state index is 8.82. The minimum Gasteiger partial charge on any atom is -0.396 e. The summed E-state index contributed by atoms with van der Waals surface area (Å²) in [7, 11) is 0. The van der Waals surface area contributed by atoms with Gasteiger partial charge >= 0.3 is 0 Å². The SMILES string of the molecule is OCCc1cnc2nc(C3CC3)nn2c1. The maximum absolute atomic E-state index is 8.82. The average Bonchev–Trinajstić information content (AvgIpc) is 2.99. The van der Waals surface area contributed by atoms with Crippen molar-refractivity contribution in [2.75, 3.05) is 6.61 Å². The molecule has 0 aliphatic heterocycles. The first kappa shape index (κ1) is 8.79. The van der Waals surface area contributed by atoms with E-state index >= 15 is 0 Å². The average molecular weight is 204 g/mol. The Hall–Kier alpha value is -1.49. The second-order valence-corrected chi connectivity index (χ2v) is 3.92. The van der Waals surface area contributed by atoms with Crippen LogP contribution in [0.3, 0.4) is 0 Å². The summed E-state index contributed by atoms with van der Waals surface area (Å²) in [6, 6.07) is 0. The van der Waals surface area contributed by atoms with Crippen LogP contribution in [0.15, 0.2) is 12.4 Å². The van der Waals surface area contributed by atoms with Gasteiger partial charge in [-0.3, -0.25) is 0 Å². The number of aromatic nitrogens is 4. The van der Waals surface area contributed by atoms with Crippen molar-refractivity contribution in [1.82, 2.24) is 19.6 Å².